The average molecular weight is 386 g/mol. The van der Waals surface area contributed by atoms with Crippen LogP contribution in [-0.2, 0) is 11.2 Å². The van der Waals surface area contributed by atoms with Crippen LogP contribution in [0, 0.1) is 0 Å². The molecule has 1 aliphatic rings. The zero-order valence-electron chi connectivity index (χ0n) is 17.0. The molecule has 1 unspecified atom stereocenters. The number of aromatic nitrogens is 3. The van der Waals surface area contributed by atoms with Gasteiger partial charge in [0.25, 0.3) is 0 Å². The number of aryl methyl sites for hydroxylation is 1. The summed E-state index contributed by atoms with van der Waals surface area (Å²) in [5.74, 6) is 0. The summed E-state index contributed by atoms with van der Waals surface area (Å²) >= 11 is 0. The van der Waals surface area contributed by atoms with Gasteiger partial charge in [-0.1, -0.05) is 25.1 Å². The Labute approximate surface area is 170 Å². The van der Waals surface area contributed by atoms with E-state index in [0.717, 1.165) is 54.8 Å². The van der Waals surface area contributed by atoms with Gasteiger partial charge in [0.05, 0.1) is 24.9 Å². The van der Waals surface area contributed by atoms with Gasteiger partial charge < -0.3 is 9.30 Å². The Morgan fingerprint density at radius 1 is 1.10 bits per heavy atom. The zero-order valence-corrected chi connectivity index (χ0v) is 17.0. The summed E-state index contributed by atoms with van der Waals surface area (Å²) in [7, 11) is 0. The zero-order chi connectivity index (χ0) is 19.8. The molecule has 5 nitrogen and oxygen atoms in total. The number of morpholine rings is 1. The van der Waals surface area contributed by atoms with Crippen LogP contribution in [0.3, 0.4) is 0 Å². The first-order valence-corrected chi connectivity index (χ1v) is 10.4. The van der Waals surface area contributed by atoms with E-state index >= 15 is 0 Å². The number of fused-ring (bicyclic) bond motifs is 2. The van der Waals surface area contributed by atoms with E-state index in [-0.39, 0.29) is 6.17 Å². The number of benzene rings is 1. The second-order valence-corrected chi connectivity index (χ2v) is 7.67. The molecule has 0 N–H and O–H groups in total. The molecule has 0 bridgehead atoms. The minimum absolute atomic E-state index is 0.249. The number of nitrogens with zero attached hydrogens (tertiary/aromatic N) is 4. The van der Waals surface area contributed by atoms with Crippen molar-refractivity contribution in [2.75, 3.05) is 26.3 Å². The topological polar surface area (TPSA) is 43.2 Å². The first kappa shape index (κ1) is 18.3. The number of para-hydroxylation sites is 1. The molecule has 1 fully saturated rings. The molecule has 0 spiro atoms. The van der Waals surface area contributed by atoms with Gasteiger partial charge in [-0.2, -0.15) is 0 Å². The highest BCUT2D eigenvalue weighted by Gasteiger charge is 2.22. The van der Waals surface area contributed by atoms with E-state index in [1.165, 1.54) is 16.5 Å². The number of rotatable bonds is 4. The van der Waals surface area contributed by atoms with Crippen molar-refractivity contribution in [2.24, 2.45) is 0 Å². The van der Waals surface area contributed by atoms with Gasteiger partial charge in [0.2, 0.25) is 0 Å². The number of pyridine rings is 2. The normalized spacial score (nSPS) is 16.5. The predicted octanol–water partition coefficient (Wildman–Crippen LogP) is 4.66. The van der Waals surface area contributed by atoms with E-state index in [1.807, 2.05) is 18.5 Å². The lowest BCUT2D eigenvalue weighted by molar-refractivity contribution is 0.00463. The molecule has 1 saturated heterocycles. The van der Waals surface area contributed by atoms with Crippen molar-refractivity contribution in [1.82, 2.24) is 19.4 Å². The molecule has 29 heavy (non-hydrogen) atoms. The average Bonchev–Trinajstić information content (AvgIpc) is 3.18. The third-order valence-corrected chi connectivity index (χ3v) is 6.05. The van der Waals surface area contributed by atoms with Crippen LogP contribution in [0.2, 0.25) is 0 Å². The minimum Gasteiger partial charge on any atom is -0.379 e. The molecule has 0 amide bonds. The van der Waals surface area contributed by atoms with Crippen molar-refractivity contribution >= 4 is 21.9 Å². The molecular formula is C24H26N4O. The molecule has 0 radical (unpaired) electrons. The highest BCUT2D eigenvalue weighted by atomic mass is 16.5. The smallest absolute Gasteiger partial charge is 0.142 e. The van der Waals surface area contributed by atoms with Gasteiger partial charge in [0.15, 0.2) is 0 Å². The second kappa shape index (κ2) is 7.58. The van der Waals surface area contributed by atoms with Crippen LogP contribution in [0.5, 0.6) is 0 Å². The summed E-state index contributed by atoms with van der Waals surface area (Å²) in [6.45, 7) is 7.98. The van der Waals surface area contributed by atoms with Gasteiger partial charge in [0, 0.05) is 48.0 Å². The van der Waals surface area contributed by atoms with Crippen LogP contribution < -0.4 is 0 Å². The fourth-order valence-corrected chi connectivity index (χ4v) is 4.40. The van der Waals surface area contributed by atoms with Gasteiger partial charge in [-0.25, -0.2) is 4.98 Å². The Balaban J connectivity index is 1.65. The minimum atomic E-state index is 0.249. The van der Waals surface area contributed by atoms with E-state index in [1.54, 1.807) is 0 Å². The van der Waals surface area contributed by atoms with E-state index < -0.39 is 0 Å². The van der Waals surface area contributed by atoms with Crippen molar-refractivity contribution in [3.63, 3.8) is 0 Å². The highest BCUT2D eigenvalue weighted by molar-refractivity contribution is 5.97. The van der Waals surface area contributed by atoms with Crippen LogP contribution in [0.4, 0.5) is 0 Å². The number of hydrogen-bond donors (Lipinski definition) is 0. The van der Waals surface area contributed by atoms with E-state index in [2.05, 4.69) is 64.8 Å². The maximum atomic E-state index is 5.54. The Morgan fingerprint density at radius 3 is 2.76 bits per heavy atom. The first-order chi connectivity index (χ1) is 14.3. The quantitative estimate of drug-likeness (QED) is 0.511. The van der Waals surface area contributed by atoms with Crippen LogP contribution >= 0.6 is 0 Å². The summed E-state index contributed by atoms with van der Waals surface area (Å²) in [5.41, 5.74) is 5.75. The fraction of sp³-hybridized carbons (Fsp3) is 0.333. The maximum Gasteiger partial charge on any atom is 0.142 e. The second-order valence-electron chi connectivity index (χ2n) is 7.67. The Bertz CT molecular complexity index is 1160. The van der Waals surface area contributed by atoms with Gasteiger partial charge in [-0.05, 0) is 42.7 Å². The third-order valence-electron chi connectivity index (χ3n) is 6.05. The molecule has 1 atom stereocenters. The summed E-state index contributed by atoms with van der Waals surface area (Å²) in [5, 5.41) is 2.40. The molecule has 1 aliphatic heterocycles. The monoisotopic (exact) mass is 386 g/mol. The molecule has 5 rings (SSSR count). The summed E-state index contributed by atoms with van der Waals surface area (Å²) in [6, 6.07) is 12.6. The van der Waals surface area contributed by atoms with Gasteiger partial charge >= 0.3 is 0 Å². The van der Waals surface area contributed by atoms with Gasteiger partial charge in [0.1, 0.15) is 5.65 Å². The van der Waals surface area contributed by atoms with Crippen LogP contribution in [-0.4, -0.2) is 45.7 Å². The van der Waals surface area contributed by atoms with E-state index in [0.29, 0.717) is 0 Å². The molecule has 0 saturated carbocycles. The van der Waals surface area contributed by atoms with Crippen LogP contribution in [0.25, 0.3) is 33.1 Å². The lowest BCUT2D eigenvalue weighted by Crippen LogP contribution is -2.40. The maximum absolute atomic E-state index is 5.54. The predicted molar refractivity (Wildman–Crippen MR) is 117 cm³/mol. The van der Waals surface area contributed by atoms with Gasteiger partial charge in [-0.15, -0.1) is 0 Å². The number of ether oxygens (including phenoxy) is 1. The lowest BCUT2D eigenvalue weighted by atomic mass is 10.0. The molecular weight excluding hydrogens is 360 g/mol. The summed E-state index contributed by atoms with van der Waals surface area (Å²) in [4.78, 5) is 12.0. The summed E-state index contributed by atoms with van der Waals surface area (Å²) in [6.07, 6.45) is 7.42. The van der Waals surface area contributed by atoms with Crippen molar-refractivity contribution < 1.29 is 4.74 Å². The largest absolute Gasteiger partial charge is 0.379 e. The van der Waals surface area contributed by atoms with Crippen LogP contribution in [0.15, 0.2) is 55.0 Å². The van der Waals surface area contributed by atoms with Crippen molar-refractivity contribution in [3.05, 3.63) is 60.6 Å². The molecule has 1 aromatic carbocycles. The lowest BCUT2D eigenvalue weighted by Gasteiger charge is -2.33. The SMILES string of the molecule is CCc1cn(C(C)N2CCOCC2)c2nccc(-c3cnc4ccccc4c3)c12. The summed E-state index contributed by atoms with van der Waals surface area (Å²) < 4.78 is 7.87. The van der Waals surface area contributed by atoms with Crippen molar-refractivity contribution in [3.8, 4) is 11.1 Å². The highest BCUT2D eigenvalue weighted by Crippen LogP contribution is 2.34. The molecule has 3 aromatic heterocycles. The van der Waals surface area contributed by atoms with Crippen molar-refractivity contribution in [1.29, 1.82) is 0 Å². The fourth-order valence-electron chi connectivity index (χ4n) is 4.40. The Kier molecular flexibility index (Phi) is 4.78. The van der Waals surface area contributed by atoms with E-state index in [4.69, 9.17) is 9.72 Å². The van der Waals surface area contributed by atoms with Crippen LogP contribution in [0.1, 0.15) is 25.6 Å². The molecule has 4 heterocycles. The molecule has 0 aliphatic carbocycles. The third kappa shape index (κ3) is 3.20. The first-order valence-electron chi connectivity index (χ1n) is 10.4. The van der Waals surface area contributed by atoms with Crippen molar-refractivity contribution in [2.45, 2.75) is 26.4 Å². The molecule has 5 heteroatoms. The Morgan fingerprint density at radius 2 is 1.93 bits per heavy atom. The standard InChI is InChI=1S/C24H26N4O/c1-3-18-16-28(17(2)27-10-12-29-13-11-27)24-23(18)21(8-9-25-24)20-14-19-6-4-5-7-22(19)26-15-20/h4-9,14-17H,3,10-13H2,1-2H3. The van der Waals surface area contributed by atoms with E-state index in [9.17, 15) is 0 Å². The van der Waals surface area contributed by atoms with Gasteiger partial charge in [-0.3, -0.25) is 9.88 Å². The number of hydrogen-bond acceptors (Lipinski definition) is 4. The Hall–Kier alpha value is -2.76. The molecule has 4 aromatic rings. The molecule has 148 valence electrons.